The van der Waals surface area contributed by atoms with Crippen LogP contribution in [0.15, 0.2) is 187 Å². The van der Waals surface area contributed by atoms with Crippen LogP contribution in [0, 0.1) is 45.9 Å². The zero-order valence-electron chi connectivity index (χ0n) is 42.1. The monoisotopic (exact) mass is 1110 g/mol. The van der Waals surface area contributed by atoms with Crippen molar-refractivity contribution in [2.45, 2.75) is 67.2 Å². The quantitative estimate of drug-likeness (QED) is 0.135. The second-order valence-electron chi connectivity index (χ2n) is 19.1. The number of aromatic nitrogens is 3. The zero-order chi connectivity index (χ0) is 49.2. The maximum absolute atomic E-state index is 6.22. The summed E-state index contributed by atoms with van der Waals surface area (Å²) >= 11 is 0. The van der Waals surface area contributed by atoms with E-state index in [0.29, 0.717) is 11.8 Å². The van der Waals surface area contributed by atoms with Gasteiger partial charge < -0.3 is 4.42 Å². The summed E-state index contributed by atoms with van der Waals surface area (Å²) < 4.78 is 6.22. The van der Waals surface area contributed by atoms with Crippen molar-refractivity contribution >= 4 is 21.9 Å². The Bertz CT molecular complexity index is 3590. The van der Waals surface area contributed by atoms with Crippen molar-refractivity contribution in [2.75, 3.05) is 0 Å². The third-order valence-corrected chi connectivity index (χ3v) is 13.6. The molecule has 354 valence electrons. The Morgan fingerprint density at radius 3 is 1.71 bits per heavy atom. The molecule has 0 unspecified atom stereocenters. The average molecular weight is 1110 g/mol. The van der Waals surface area contributed by atoms with Crippen molar-refractivity contribution in [1.82, 2.24) is 15.0 Å². The normalized spacial score (nSPS) is 11.2. The molecule has 0 atom stereocenters. The number of aryl methyl sites for hydroxylation is 2. The van der Waals surface area contributed by atoms with E-state index < -0.39 is 0 Å². The Balaban J connectivity index is 0.000000175. The zero-order valence-corrected chi connectivity index (χ0v) is 44.5. The molecule has 11 aromatic rings. The third-order valence-electron chi connectivity index (χ3n) is 13.6. The maximum Gasteiger partial charge on any atom is 3.00 e. The van der Waals surface area contributed by atoms with Crippen molar-refractivity contribution in [3.05, 3.63) is 234 Å². The topological polar surface area (TPSA) is 51.8 Å². The number of hydrogen-bond acceptors (Lipinski definition) is 4. The fraction of sp³-hybridized carbons (Fsp3) is 0.149. The standard InChI is InChI=1S/C35H31N.C32H25N2O.Ir/c1-24(2)32-22-29(27-15-9-6-10-16-27)23-33(25(3)4)35(32)31-20-28(26-13-7-5-8-14-26)19-30(21-31)34-17-11-12-18-36-34;1-19-15-29(34-18-20(19)2)27-17-26(28-10-7-8-14-33-28)21(3)32(22(27)4)23-12-13-25-24-9-5-6-11-30(24)35-31(25)16-23;/h5-13,15-18,20-25H,1-4H3;5-16,18H,1-4H3;/q-2;-1;+3. The molecular weight excluding hydrogens is 1050 g/mol. The van der Waals surface area contributed by atoms with Crippen LogP contribution >= 0.6 is 0 Å². The molecule has 0 saturated carbocycles. The first kappa shape index (κ1) is 49.4. The average Bonchev–Trinajstić information content (AvgIpc) is 3.78. The number of nitrogens with zero attached hydrogens (tertiary/aromatic N) is 3. The van der Waals surface area contributed by atoms with E-state index in [4.69, 9.17) is 9.40 Å². The van der Waals surface area contributed by atoms with Gasteiger partial charge in [0.15, 0.2) is 0 Å². The van der Waals surface area contributed by atoms with Gasteiger partial charge in [-0.25, -0.2) is 5.56 Å². The molecule has 11 rings (SSSR count). The molecular formula is C67H56IrN3O. The van der Waals surface area contributed by atoms with Crippen LogP contribution in [-0.4, -0.2) is 15.0 Å². The maximum atomic E-state index is 6.22. The fourth-order valence-electron chi connectivity index (χ4n) is 9.75. The summed E-state index contributed by atoms with van der Waals surface area (Å²) in [5, 5.41) is 2.27. The Hall–Kier alpha value is -7.56. The van der Waals surface area contributed by atoms with Gasteiger partial charge in [-0.05, 0) is 95.0 Å². The molecule has 72 heavy (non-hydrogen) atoms. The van der Waals surface area contributed by atoms with E-state index in [-0.39, 0.29) is 20.1 Å². The van der Waals surface area contributed by atoms with Crippen molar-refractivity contribution in [3.63, 3.8) is 0 Å². The second kappa shape index (κ2) is 21.4. The second-order valence-corrected chi connectivity index (χ2v) is 19.1. The van der Waals surface area contributed by atoms with Crippen LogP contribution in [0.1, 0.15) is 72.9 Å². The number of para-hydroxylation sites is 1. The summed E-state index contributed by atoms with van der Waals surface area (Å²) in [6.07, 6.45) is 5.62. The molecule has 0 aliphatic rings. The van der Waals surface area contributed by atoms with Gasteiger partial charge in [0.25, 0.3) is 0 Å². The van der Waals surface area contributed by atoms with E-state index in [9.17, 15) is 0 Å². The summed E-state index contributed by atoms with van der Waals surface area (Å²) in [6, 6.07) is 67.7. The van der Waals surface area contributed by atoms with Crippen molar-refractivity contribution < 1.29 is 24.5 Å². The molecule has 4 nitrogen and oxygen atoms in total. The summed E-state index contributed by atoms with van der Waals surface area (Å²) in [6.45, 7) is 17.7. The first-order valence-electron chi connectivity index (χ1n) is 24.5. The van der Waals surface area contributed by atoms with Gasteiger partial charge in [0.1, 0.15) is 11.2 Å². The predicted octanol–water partition coefficient (Wildman–Crippen LogP) is 18.0. The molecule has 0 amide bonds. The minimum Gasteiger partial charge on any atom is -0.456 e. The number of rotatable bonds is 9. The molecule has 0 bridgehead atoms. The van der Waals surface area contributed by atoms with Gasteiger partial charge in [0.05, 0.1) is 0 Å². The minimum absolute atomic E-state index is 0. The van der Waals surface area contributed by atoms with Crippen LogP contribution < -0.4 is 0 Å². The Morgan fingerprint density at radius 2 is 1.06 bits per heavy atom. The minimum atomic E-state index is 0. The Morgan fingerprint density at radius 1 is 0.431 bits per heavy atom. The third kappa shape index (κ3) is 10.0. The summed E-state index contributed by atoms with van der Waals surface area (Å²) in [5.74, 6) is 0.741. The molecule has 0 spiro atoms. The molecule has 0 aliphatic heterocycles. The molecule has 4 aromatic heterocycles. The van der Waals surface area contributed by atoms with Gasteiger partial charge >= 0.3 is 20.1 Å². The van der Waals surface area contributed by atoms with E-state index in [1.807, 2.05) is 73.2 Å². The molecule has 0 saturated heterocycles. The first-order chi connectivity index (χ1) is 34.5. The number of pyridine rings is 3. The number of fused-ring (bicyclic) bond motifs is 3. The molecule has 0 radical (unpaired) electrons. The smallest absolute Gasteiger partial charge is 0.456 e. The SMILES string of the molecule is CC(C)c1cc(-c2ccccc2)cc(C(C)C)c1-c1cc(-c2[c-]cccc2)[c-]c(-c2ccccn2)c1.Cc1cnc(-c2[c-]c(-c3ccccn3)c(C)c(-c3ccc4c(c3)oc3ccccc34)c2C)cc1C.[Ir+3]. The Labute approximate surface area is 438 Å². The van der Waals surface area contributed by atoms with Gasteiger partial charge in [-0.3, -0.25) is 15.0 Å². The van der Waals surface area contributed by atoms with Gasteiger partial charge in [-0.15, -0.1) is 34.9 Å². The number of furan rings is 1. The summed E-state index contributed by atoms with van der Waals surface area (Å²) in [5.41, 5.74) is 24.3. The number of hydrogen-bond donors (Lipinski definition) is 0. The van der Waals surface area contributed by atoms with Crippen LogP contribution in [0.5, 0.6) is 0 Å². The van der Waals surface area contributed by atoms with Crippen LogP contribution in [0.25, 0.3) is 100 Å². The molecule has 7 aromatic carbocycles. The van der Waals surface area contributed by atoms with E-state index in [0.717, 1.165) is 83.5 Å². The van der Waals surface area contributed by atoms with Gasteiger partial charge in [0.2, 0.25) is 0 Å². The molecule has 0 N–H and O–H groups in total. The number of benzene rings is 7. The van der Waals surface area contributed by atoms with E-state index in [1.54, 1.807) is 0 Å². The van der Waals surface area contributed by atoms with Crippen LogP contribution in [0.3, 0.4) is 0 Å². The van der Waals surface area contributed by atoms with Gasteiger partial charge in [-0.1, -0.05) is 166 Å². The largest absolute Gasteiger partial charge is 3.00 e. The summed E-state index contributed by atoms with van der Waals surface area (Å²) in [4.78, 5) is 14.1. The summed E-state index contributed by atoms with van der Waals surface area (Å²) in [7, 11) is 0. The van der Waals surface area contributed by atoms with E-state index in [2.05, 4.69) is 193 Å². The Kier molecular flexibility index (Phi) is 14.7. The van der Waals surface area contributed by atoms with E-state index >= 15 is 0 Å². The van der Waals surface area contributed by atoms with Gasteiger partial charge in [-0.2, -0.15) is 42.0 Å². The van der Waals surface area contributed by atoms with E-state index in [1.165, 1.54) is 50.1 Å². The van der Waals surface area contributed by atoms with Crippen molar-refractivity contribution in [3.8, 4) is 78.3 Å². The van der Waals surface area contributed by atoms with Crippen LogP contribution in [-0.2, 0) is 20.1 Å². The van der Waals surface area contributed by atoms with Crippen molar-refractivity contribution in [2.24, 2.45) is 0 Å². The van der Waals surface area contributed by atoms with Crippen molar-refractivity contribution in [1.29, 1.82) is 0 Å². The molecule has 5 heteroatoms. The first-order valence-corrected chi connectivity index (χ1v) is 24.5. The molecule has 4 heterocycles. The van der Waals surface area contributed by atoms with Gasteiger partial charge in [0, 0.05) is 46.4 Å². The molecule has 0 fully saturated rings. The van der Waals surface area contributed by atoms with Crippen LogP contribution in [0.4, 0.5) is 0 Å². The fourth-order valence-corrected chi connectivity index (χ4v) is 9.75. The molecule has 0 aliphatic carbocycles. The predicted molar refractivity (Wildman–Crippen MR) is 295 cm³/mol. The van der Waals surface area contributed by atoms with Crippen LogP contribution in [0.2, 0.25) is 0 Å².